The van der Waals surface area contributed by atoms with E-state index in [1.165, 1.54) is 11.5 Å². The van der Waals surface area contributed by atoms with Crippen molar-refractivity contribution in [2.45, 2.75) is 71.1 Å². The Balaban J connectivity index is 1.37. The van der Waals surface area contributed by atoms with Crippen molar-refractivity contribution in [2.24, 2.45) is 5.92 Å². The number of H-pyrrole nitrogens is 1. The summed E-state index contributed by atoms with van der Waals surface area (Å²) in [5, 5.41) is 3.97. The standard InChI is InChI=1S/C25H28FN7O4/c1-15(26)21-29-19-20(22(34)30-21)32(14-11-16-7-6-8-16)25(36)33(24(19)35)13-5-3-10-18-28-23(37-31-18)17-9-2-4-12-27-17/h2,4,9,12,15-16H,3,5-8,10-11,13-14H2,1H3,(H,29,30,34). The van der Waals surface area contributed by atoms with Gasteiger partial charge in [0.05, 0.1) is 0 Å². The molecule has 0 aliphatic heterocycles. The zero-order valence-electron chi connectivity index (χ0n) is 20.5. The van der Waals surface area contributed by atoms with Gasteiger partial charge in [0.2, 0.25) is 0 Å². The molecule has 4 aromatic heterocycles. The highest BCUT2D eigenvalue weighted by Gasteiger charge is 2.22. The van der Waals surface area contributed by atoms with E-state index < -0.39 is 23.0 Å². The molecule has 11 nitrogen and oxygen atoms in total. The zero-order chi connectivity index (χ0) is 25.9. The Hall–Kier alpha value is -3.96. The Morgan fingerprint density at radius 2 is 1.97 bits per heavy atom. The molecule has 0 saturated heterocycles. The first-order valence-electron chi connectivity index (χ1n) is 12.6. The summed E-state index contributed by atoms with van der Waals surface area (Å²) in [6.45, 7) is 1.65. The summed E-state index contributed by atoms with van der Waals surface area (Å²) in [6, 6.07) is 5.39. The molecule has 194 valence electrons. The highest BCUT2D eigenvalue weighted by molar-refractivity contribution is 5.72. The van der Waals surface area contributed by atoms with Gasteiger partial charge in [-0.2, -0.15) is 4.98 Å². The van der Waals surface area contributed by atoms with Crippen LogP contribution in [0.4, 0.5) is 4.39 Å². The van der Waals surface area contributed by atoms with Crippen LogP contribution in [0, 0.1) is 5.92 Å². The molecule has 0 bridgehead atoms. The van der Waals surface area contributed by atoms with Gasteiger partial charge in [-0.05, 0) is 44.2 Å². The molecule has 0 amide bonds. The van der Waals surface area contributed by atoms with Crippen LogP contribution in [0.5, 0.6) is 0 Å². The van der Waals surface area contributed by atoms with Crippen molar-refractivity contribution in [2.75, 3.05) is 0 Å². The number of rotatable bonds is 10. The molecule has 4 aromatic rings. The van der Waals surface area contributed by atoms with Crippen molar-refractivity contribution in [1.29, 1.82) is 0 Å². The number of hydrogen-bond donors (Lipinski definition) is 1. The second-order valence-corrected chi connectivity index (χ2v) is 9.43. The molecule has 37 heavy (non-hydrogen) atoms. The smallest absolute Gasteiger partial charge is 0.331 e. The van der Waals surface area contributed by atoms with Crippen LogP contribution in [-0.4, -0.2) is 34.2 Å². The molecule has 12 heteroatoms. The maximum atomic E-state index is 13.9. The minimum Gasteiger partial charge on any atom is -0.332 e. The number of halogens is 1. The Morgan fingerprint density at radius 1 is 1.14 bits per heavy atom. The highest BCUT2D eigenvalue weighted by atomic mass is 19.1. The van der Waals surface area contributed by atoms with E-state index in [9.17, 15) is 18.8 Å². The van der Waals surface area contributed by atoms with Gasteiger partial charge in [-0.3, -0.25) is 23.7 Å². The lowest BCUT2D eigenvalue weighted by atomic mass is 9.83. The molecule has 1 N–H and O–H groups in total. The Morgan fingerprint density at radius 3 is 2.68 bits per heavy atom. The molecule has 1 fully saturated rings. The molecule has 1 unspecified atom stereocenters. The van der Waals surface area contributed by atoms with Gasteiger partial charge in [-0.15, -0.1) is 0 Å². The Kier molecular flexibility index (Phi) is 7.06. The monoisotopic (exact) mass is 509 g/mol. The second-order valence-electron chi connectivity index (χ2n) is 9.43. The molecule has 0 spiro atoms. The van der Waals surface area contributed by atoms with Crippen molar-refractivity contribution in [3.05, 3.63) is 67.2 Å². The zero-order valence-corrected chi connectivity index (χ0v) is 20.5. The second kappa shape index (κ2) is 10.6. The van der Waals surface area contributed by atoms with E-state index in [4.69, 9.17) is 4.52 Å². The molecule has 1 saturated carbocycles. The molecule has 0 aromatic carbocycles. The lowest BCUT2D eigenvalue weighted by molar-refractivity contribution is 0.280. The van der Waals surface area contributed by atoms with Gasteiger partial charge < -0.3 is 9.51 Å². The number of aromatic amines is 1. The average Bonchev–Trinajstić information content (AvgIpc) is 3.34. The Bertz CT molecular complexity index is 1570. The molecule has 1 aliphatic rings. The topological polar surface area (TPSA) is 142 Å². The van der Waals surface area contributed by atoms with E-state index in [0.717, 1.165) is 30.3 Å². The fraction of sp³-hybridized carbons (Fsp3) is 0.480. The van der Waals surface area contributed by atoms with Crippen LogP contribution in [0.3, 0.4) is 0 Å². The largest absolute Gasteiger partial charge is 0.332 e. The molecule has 0 radical (unpaired) electrons. The maximum absolute atomic E-state index is 13.9. The molecule has 4 heterocycles. The van der Waals surface area contributed by atoms with Gasteiger partial charge in [-0.1, -0.05) is 30.5 Å². The van der Waals surface area contributed by atoms with E-state index in [0.29, 0.717) is 49.1 Å². The summed E-state index contributed by atoms with van der Waals surface area (Å²) < 4.78 is 21.6. The first kappa shape index (κ1) is 24.7. The number of aryl methyl sites for hydroxylation is 2. The van der Waals surface area contributed by atoms with E-state index in [1.807, 2.05) is 6.07 Å². The Labute approximate surface area is 210 Å². The number of fused-ring (bicyclic) bond motifs is 1. The van der Waals surface area contributed by atoms with E-state index in [2.05, 4.69) is 25.1 Å². The van der Waals surface area contributed by atoms with Gasteiger partial charge >= 0.3 is 5.69 Å². The average molecular weight is 510 g/mol. The van der Waals surface area contributed by atoms with Crippen LogP contribution in [0.15, 0.2) is 43.3 Å². The third-order valence-corrected chi connectivity index (χ3v) is 6.84. The summed E-state index contributed by atoms with van der Waals surface area (Å²) in [7, 11) is 0. The first-order chi connectivity index (χ1) is 17.9. The van der Waals surface area contributed by atoms with Gasteiger partial charge in [0, 0.05) is 25.7 Å². The minimum atomic E-state index is -1.56. The van der Waals surface area contributed by atoms with Crippen LogP contribution >= 0.6 is 0 Å². The van der Waals surface area contributed by atoms with Gasteiger partial charge in [0.15, 0.2) is 17.5 Å². The summed E-state index contributed by atoms with van der Waals surface area (Å²) in [6.07, 6.45) is 5.68. The number of pyridine rings is 1. The van der Waals surface area contributed by atoms with Gasteiger partial charge in [0.25, 0.3) is 17.0 Å². The molecular weight excluding hydrogens is 481 g/mol. The number of nitrogens with one attached hydrogen (secondary N) is 1. The molecule has 5 rings (SSSR count). The molecular formula is C25H28FN7O4. The maximum Gasteiger partial charge on any atom is 0.331 e. The summed E-state index contributed by atoms with van der Waals surface area (Å²) in [4.78, 5) is 54.4. The number of aromatic nitrogens is 7. The summed E-state index contributed by atoms with van der Waals surface area (Å²) in [5.74, 6) is 1.08. The number of unbranched alkanes of at least 4 members (excludes halogenated alkanes) is 1. The normalized spacial score (nSPS) is 14.6. The fourth-order valence-electron chi connectivity index (χ4n) is 4.53. The first-order valence-corrected chi connectivity index (χ1v) is 12.6. The van der Waals surface area contributed by atoms with Crippen LogP contribution in [0.2, 0.25) is 0 Å². The SMILES string of the molecule is CC(F)c1nc2c(=O)n(CCCCc3noc(-c4ccccn4)n3)c(=O)n(CCC3CCC3)c2c(=O)[nH]1. The van der Waals surface area contributed by atoms with E-state index in [1.54, 1.807) is 18.3 Å². The van der Waals surface area contributed by atoms with Gasteiger partial charge in [-0.25, -0.2) is 14.2 Å². The molecule has 1 aliphatic carbocycles. The fourth-order valence-corrected chi connectivity index (χ4v) is 4.53. The lowest BCUT2D eigenvalue weighted by Gasteiger charge is -2.25. The lowest BCUT2D eigenvalue weighted by Crippen LogP contribution is -2.43. The number of hydrogen-bond acceptors (Lipinski definition) is 8. The summed E-state index contributed by atoms with van der Waals surface area (Å²) >= 11 is 0. The van der Waals surface area contributed by atoms with E-state index >= 15 is 0 Å². The minimum absolute atomic E-state index is 0.0937. The summed E-state index contributed by atoms with van der Waals surface area (Å²) in [5.41, 5.74) is -1.62. The predicted molar refractivity (Wildman–Crippen MR) is 133 cm³/mol. The molecule has 1 atom stereocenters. The van der Waals surface area contributed by atoms with Crippen LogP contribution in [-0.2, 0) is 19.5 Å². The highest BCUT2D eigenvalue weighted by Crippen LogP contribution is 2.29. The van der Waals surface area contributed by atoms with Crippen molar-refractivity contribution in [1.82, 2.24) is 34.2 Å². The number of alkyl halides is 1. The quantitative estimate of drug-likeness (QED) is 0.322. The van der Waals surface area contributed by atoms with E-state index in [-0.39, 0.29) is 23.4 Å². The third-order valence-electron chi connectivity index (χ3n) is 6.84. The van der Waals surface area contributed by atoms with Crippen LogP contribution in [0.1, 0.15) is 63.3 Å². The van der Waals surface area contributed by atoms with Crippen LogP contribution < -0.4 is 16.8 Å². The van der Waals surface area contributed by atoms with Crippen molar-refractivity contribution in [3.63, 3.8) is 0 Å². The third kappa shape index (κ3) is 5.13. The van der Waals surface area contributed by atoms with Crippen molar-refractivity contribution < 1.29 is 8.91 Å². The number of nitrogens with zero attached hydrogens (tertiary/aromatic N) is 6. The van der Waals surface area contributed by atoms with Crippen molar-refractivity contribution in [3.8, 4) is 11.6 Å². The van der Waals surface area contributed by atoms with Crippen LogP contribution in [0.25, 0.3) is 22.6 Å². The van der Waals surface area contributed by atoms with Gasteiger partial charge in [0.1, 0.15) is 17.0 Å². The van der Waals surface area contributed by atoms with Crippen molar-refractivity contribution >= 4 is 11.0 Å². The predicted octanol–water partition coefficient (Wildman–Crippen LogP) is 2.94.